The van der Waals surface area contributed by atoms with E-state index in [1.165, 1.54) is 6.07 Å². The average Bonchev–Trinajstić information content (AvgIpc) is 2.45. The minimum atomic E-state index is -4.96. The van der Waals surface area contributed by atoms with E-state index in [1.807, 2.05) is 0 Å². The fraction of sp³-hybridized carbons (Fsp3) is 0.538. The Morgan fingerprint density at radius 3 is 2.52 bits per heavy atom. The fourth-order valence-corrected chi connectivity index (χ4v) is 3.34. The van der Waals surface area contributed by atoms with Crippen molar-refractivity contribution in [2.24, 2.45) is 5.73 Å². The van der Waals surface area contributed by atoms with E-state index in [0.29, 0.717) is 0 Å². The topological polar surface area (TPSA) is 102 Å². The van der Waals surface area contributed by atoms with Crippen LogP contribution in [-0.4, -0.2) is 35.7 Å². The van der Waals surface area contributed by atoms with Crippen molar-refractivity contribution in [2.75, 3.05) is 19.3 Å². The van der Waals surface area contributed by atoms with Crippen LogP contribution in [0.2, 0.25) is 0 Å². The van der Waals surface area contributed by atoms with Crippen LogP contribution in [0.4, 0.5) is 13.2 Å². The molecular weight excluding hydrogens is 338 g/mol. The average molecular weight is 357 g/mol. The Morgan fingerprint density at radius 1 is 1.35 bits per heavy atom. The maximum atomic E-state index is 12.4. The number of nitrogens with two attached hydrogens (primary N) is 1. The molecule has 0 aliphatic carbocycles. The number of hydrogen-bond acceptors (Lipinski definition) is 5. The number of rotatable bonds is 8. The van der Waals surface area contributed by atoms with Crippen molar-refractivity contribution in [1.29, 1.82) is 0 Å². The van der Waals surface area contributed by atoms with Gasteiger partial charge in [0.05, 0.1) is 6.61 Å². The molecule has 1 rings (SSSR count). The lowest BCUT2D eigenvalue weighted by Crippen LogP contribution is -2.18. The van der Waals surface area contributed by atoms with E-state index in [2.05, 4.69) is 4.74 Å². The quantitative estimate of drug-likeness (QED) is 0.618. The van der Waals surface area contributed by atoms with Crippen LogP contribution in [0.3, 0.4) is 0 Å². The highest BCUT2D eigenvalue weighted by Crippen LogP contribution is 2.55. The largest absolute Gasteiger partial charge is 0.573 e. The molecule has 0 heterocycles. The van der Waals surface area contributed by atoms with E-state index >= 15 is 0 Å². The van der Waals surface area contributed by atoms with Crippen molar-refractivity contribution < 1.29 is 37.2 Å². The summed E-state index contributed by atoms with van der Waals surface area (Å²) in [4.78, 5) is 9.82. The van der Waals surface area contributed by atoms with Crippen LogP contribution in [0.5, 0.6) is 11.5 Å². The molecule has 0 aliphatic rings. The van der Waals surface area contributed by atoms with Gasteiger partial charge in [-0.05, 0) is 37.6 Å². The fourth-order valence-electron chi connectivity index (χ4n) is 1.84. The summed E-state index contributed by atoms with van der Waals surface area (Å²) in [7, 11) is -4.03. The number of halogens is 3. The van der Waals surface area contributed by atoms with Gasteiger partial charge in [-0.2, -0.15) is 0 Å². The predicted molar refractivity (Wildman–Crippen MR) is 77.6 cm³/mol. The number of benzene rings is 1. The molecule has 0 aliphatic heterocycles. The third kappa shape index (κ3) is 6.02. The molecule has 6 nitrogen and oxygen atoms in total. The van der Waals surface area contributed by atoms with Gasteiger partial charge in [0.1, 0.15) is 0 Å². The second-order valence-electron chi connectivity index (χ2n) is 4.68. The molecule has 0 saturated heterocycles. The molecular formula is C13H19F3NO5P. The van der Waals surface area contributed by atoms with E-state index in [4.69, 9.17) is 10.5 Å². The normalized spacial score (nSPS) is 15.8. The first kappa shape index (κ1) is 19.8. The molecule has 1 aromatic rings. The molecule has 0 amide bonds. The molecule has 132 valence electrons. The highest BCUT2D eigenvalue weighted by molar-refractivity contribution is 7.58. The molecule has 2 unspecified atom stereocenters. The van der Waals surface area contributed by atoms with Gasteiger partial charge < -0.3 is 25.2 Å². The van der Waals surface area contributed by atoms with Gasteiger partial charge in [-0.25, -0.2) is 0 Å². The summed E-state index contributed by atoms with van der Waals surface area (Å²) < 4.78 is 58.2. The highest BCUT2D eigenvalue weighted by atomic mass is 31.2. The van der Waals surface area contributed by atoms with E-state index in [1.54, 1.807) is 6.92 Å². The lowest BCUT2D eigenvalue weighted by molar-refractivity contribution is -0.275. The molecule has 4 N–H and O–H groups in total. The lowest BCUT2D eigenvalue weighted by Gasteiger charge is -2.20. The van der Waals surface area contributed by atoms with Gasteiger partial charge in [0, 0.05) is 6.16 Å². The van der Waals surface area contributed by atoms with Crippen LogP contribution in [-0.2, 0) is 4.57 Å². The van der Waals surface area contributed by atoms with Gasteiger partial charge in [-0.1, -0.05) is 6.07 Å². The number of hydrogen-bond donors (Lipinski definition) is 3. The zero-order chi connectivity index (χ0) is 17.7. The zero-order valence-electron chi connectivity index (χ0n) is 12.4. The van der Waals surface area contributed by atoms with Gasteiger partial charge in [-0.3, -0.25) is 4.57 Å². The Balaban J connectivity index is 3.12. The Bertz CT molecular complexity index is 567. The molecule has 0 aromatic heterocycles. The summed E-state index contributed by atoms with van der Waals surface area (Å²) >= 11 is 0. The van der Waals surface area contributed by atoms with Gasteiger partial charge in [-0.15, -0.1) is 13.2 Å². The minimum absolute atomic E-state index is 0.102. The summed E-state index contributed by atoms with van der Waals surface area (Å²) in [5, 5.41) is 9.99. The molecule has 10 heteroatoms. The van der Waals surface area contributed by atoms with Crippen molar-refractivity contribution in [1.82, 2.24) is 0 Å². The summed E-state index contributed by atoms with van der Waals surface area (Å²) in [5.74, 6) is -2.70. The molecule has 0 spiro atoms. The van der Waals surface area contributed by atoms with Gasteiger partial charge in [0.2, 0.25) is 7.37 Å². The van der Waals surface area contributed by atoms with Crippen LogP contribution in [0, 0.1) is 0 Å². The number of alkyl halides is 3. The first-order valence-corrected chi connectivity index (χ1v) is 8.74. The van der Waals surface area contributed by atoms with Gasteiger partial charge in [0.15, 0.2) is 17.3 Å². The van der Waals surface area contributed by atoms with Crippen molar-refractivity contribution in [3.63, 3.8) is 0 Å². The van der Waals surface area contributed by atoms with Crippen molar-refractivity contribution >= 4 is 7.37 Å². The first-order valence-electron chi connectivity index (χ1n) is 6.83. The Kier molecular flexibility index (Phi) is 6.88. The summed E-state index contributed by atoms with van der Waals surface area (Å²) in [6.07, 6.45) is -5.00. The van der Waals surface area contributed by atoms with Crippen LogP contribution in [0.25, 0.3) is 0 Å². The first-order chi connectivity index (χ1) is 10.6. The van der Waals surface area contributed by atoms with E-state index in [0.717, 1.165) is 12.1 Å². The second-order valence-corrected chi connectivity index (χ2v) is 7.13. The minimum Gasteiger partial charge on any atom is -0.490 e. The maximum Gasteiger partial charge on any atom is 0.573 e. The summed E-state index contributed by atoms with van der Waals surface area (Å²) in [6, 6.07) is 3.20. The van der Waals surface area contributed by atoms with Crippen LogP contribution in [0.1, 0.15) is 24.8 Å². The van der Waals surface area contributed by atoms with Crippen LogP contribution < -0.4 is 15.2 Å². The summed E-state index contributed by atoms with van der Waals surface area (Å²) in [5.41, 5.74) is 5.08. The Morgan fingerprint density at radius 2 is 2.00 bits per heavy atom. The maximum absolute atomic E-state index is 12.4. The molecule has 0 fully saturated rings. The second kappa shape index (κ2) is 8.01. The molecule has 0 radical (unpaired) electrons. The van der Waals surface area contributed by atoms with Crippen molar-refractivity contribution in [3.05, 3.63) is 23.8 Å². The Hall–Kier alpha value is -1.28. The van der Waals surface area contributed by atoms with Gasteiger partial charge >= 0.3 is 6.36 Å². The highest BCUT2D eigenvalue weighted by Gasteiger charge is 2.34. The van der Waals surface area contributed by atoms with E-state index in [-0.39, 0.29) is 37.0 Å². The van der Waals surface area contributed by atoms with Gasteiger partial charge in [0.25, 0.3) is 0 Å². The zero-order valence-corrected chi connectivity index (χ0v) is 13.3. The molecule has 0 bridgehead atoms. The third-order valence-electron chi connectivity index (χ3n) is 2.86. The third-order valence-corrected chi connectivity index (χ3v) is 4.88. The predicted octanol–water partition coefficient (Wildman–Crippen LogP) is 2.59. The summed E-state index contributed by atoms with van der Waals surface area (Å²) in [6.45, 7) is 1.84. The SMILES string of the molecule is CCOc1ccc(C(O)P(=O)(O)CCCN)cc1OC(F)(F)F. The van der Waals surface area contributed by atoms with Crippen molar-refractivity contribution in [3.8, 4) is 11.5 Å². The molecule has 23 heavy (non-hydrogen) atoms. The molecule has 0 saturated carbocycles. The number of ether oxygens (including phenoxy) is 2. The van der Waals surface area contributed by atoms with Crippen LogP contribution >= 0.6 is 7.37 Å². The van der Waals surface area contributed by atoms with Crippen LogP contribution in [0.15, 0.2) is 18.2 Å². The van der Waals surface area contributed by atoms with Crippen molar-refractivity contribution in [2.45, 2.75) is 25.6 Å². The monoisotopic (exact) mass is 357 g/mol. The lowest BCUT2D eigenvalue weighted by atomic mass is 10.2. The Labute approximate surface area is 131 Å². The smallest absolute Gasteiger partial charge is 0.490 e. The van der Waals surface area contributed by atoms with E-state index in [9.17, 15) is 27.7 Å². The standard InChI is InChI=1S/C13H19F3NO5P/c1-2-21-10-5-4-9(8-11(10)22-13(14,15)16)12(18)23(19,20)7-3-6-17/h4-5,8,12,18H,2-3,6-7,17H2,1H3,(H,19,20). The number of aliphatic hydroxyl groups excluding tert-OH is 1. The van der Waals surface area contributed by atoms with E-state index < -0.39 is 25.3 Å². The molecule has 2 atom stereocenters. The molecule has 1 aromatic carbocycles. The number of aliphatic hydroxyl groups is 1.